The predicted octanol–water partition coefficient (Wildman–Crippen LogP) is 2.87. The SMILES string of the molecule is CN1CC(=O)N(c2cccc(F)c2)CC12CCN(C(=O)c1ccc3[nH]ccc3c1)C2. The van der Waals surface area contributed by atoms with Gasteiger partial charge in [-0.1, -0.05) is 6.07 Å². The van der Waals surface area contributed by atoms with Gasteiger partial charge in [0, 0.05) is 48.0 Å². The highest BCUT2D eigenvalue weighted by Crippen LogP contribution is 2.34. The van der Waals surface area contributed by atoms with Crippen LogP contribution in [0.4, 0.5) is 10.1 Å². The molecular formula is C23H23FN4O2. The molecule has 0 saturated carbocycles. The first-order chi connectivity index (χ1) is 14.4. The summed E-state index contributed by atoms with van der Waals surface area (Å²) in [4.78, 5) is 34.6. The third-order valence-electron chi connectivity index (χ3n) is 6.48. The quantitative estimate of drug-likeness (QED) is 0.712. The highest BCUT2D eigenvalue weighted by molar-refractivity contribution is 5.99. The number of amides is 2. The number of nitrogens with one attached hydrogen (secondary N) is 1. The van der Waals surface area contributed by atoms with E-state index in [2.05, 4.69) is 4.98 Å². The van der Waals surface area contributed by atoms with Crippen molar-refractivity contribution in [3.05, 3.63) is 66.1 Å². The third-order valence-corrected chi connectivity index (χ3v) is 6.48. The van der Waals surface area contributed by atoms with Gasteiger partial charge in [-0.05, 0) is 55.9 Å². The smallest absolute Gasteiger partial charge is 0.253 e. The van der Waals surface area contributed by atoms with Crippen LogP contribution in [0.1, 0.15) is 16.8 Å². The van der Waals surface area contributed by atoms with Gasteiger partial charge in [0.1, 0.15) is 5.82 Å². The molecular weight excluding hydrogens is 383 g/mol. The Kier molecular flexibility index (Phi) is 4.36. The van der Waals surface area contributed by atoms with Crippen LogP contribution in [-0.4, -0.2) is 65.4 Å². The predicted molar refractivity (Wildman–Crippen MR) is 113 cm³/mol. The Morgan fingerprint density at radius 1 is 1.13 bits per heavy atom. The molecule has 2 fully saturated rings. The fraction of sp³-hybridized carbons (Fsp3) is 0.304. The van der Waals surface area contributed by atoms with Crippen molar-refractivity contribution >= 4 is 28.4 Å². The number of aromatic amines is 1. The number of halogens is 1. The number of hydrogen-bond acceptors (Lipinski definition) is 3. The molecule has 5 rings (SSSR count). The Hall–Kier alpha value is -3.19. The number of benzene rings is 2. The number of likely N-dealkylation sites (N-methyl/N-ethyl adjacent to an activating group) is 1. The van der Waals surface area contributed by atoms with Gasteiger partial charge in [-0.2, -0.15) is 0 Å². The molecule has 2 aromatic carbocycles. The second-order valence-electron chi connectivity index (χ2n) is 8.30. The number of piperazine rings is 1. The number of anilines is 1. The van der Waals surface area contributed by atoms with Gasteiger partial charge < -0.3 is 14.8 Å². The van der Waals surface area contributed by atoms with E-state index < -0.39 is 0 Å². The molecule has 0 aliphatic carbocycles. The van der Waals surface area contributed by atoms with Crippen molar-refractivity contribution in [2.45, 2.75) is 12.0 Å². The summed E-state index contributed by atoms with van der Waals surface area (Å²) in [5.41, 5.74) is 1.89. The van der Waals surface area contributed by atoms with Gasteiger partial charge in [-0.3, -0.25) is 14.5 Å². The van der Waals surface area contributed by atoms with Gasteiger partial charge in [-0.15, -0.1) is 0 Å². The summed E-state index contributed by atoms with van der Waals surface area (Å²) in [6.45, 7) is 1.84. The largest absolute Gasteiger partial charge is 0.361 e. The fourth-order valence-electron chi connectivity index (χ4n) is 4.68. The van der Waals surface area contributed by atoms with E-state index in [9.17, 15) is 14.0 Å². The van der Waals surface area contributed by atoms with E-state index in [-0.39, 0.29) is 29.7 Å². The molecule has 3 aromatic rings. The van der Waals surface area contributed by atoms with Crippen LogP contribution in [0.25, 0.3) is 10.9 Å². The molecule has 2 aliphatic rings. The summed E-state index contributed by atoms with van der Waals surface area (Å²) in [7, 11) is 1.93. The molecule has 154 valence electrons. The molecule has 2 amide bonds. The summed E-state index contributed by atoms with van der Waals surface area (Å²) in [6, 6.07) is 13.8. The molecule has 1 unspecified atom stereocenters. The molecule has 3 heterocycles. The number of likely N-dealkylation sites (tertiary alicyclic amines) is 1. The monoisotopic (exact) mass is 406 g/mol. The highest BCUT2D eigenvalue weighted by atomic mass is 19.1. The first-order valence-corrected chi connectivity index (χ1v) is 10.1. The second kappa shape index (κ2) is 6.95. The van der Waals surface area contributed by atoms with Gasteiger partial charge in [-0.25, -0.2) is 4.39 Å². The maximum Gasteiger partial charge on any atom is 0.253 e. The lowest BCUT2D eigenvalue weighted by Gasteiger charge is -2.46. The Balaban J connectivity index is 1.39. The van der Waals surface area contributed by atoms with Crippen molar-refractivity contribution in [3.63, 3.8) is 0 Å². The average molecular weight is 406 g/mol. The molecule has 1 atom stereocenters. The van der Waals surface area contributed by atoms with Crippen molar-refractivity contribution in [1.29, 1.82) is 0 Å². The van der Waals surface area contributed by atoms with Gasteiger partial charge >= 0.3 is 0 Å². The number of rotatable bonds is 2. The molecule has 6 nitrogen and oxygen atoms in total. The van der Waals surface area contributed by atoms with Crippen molar-refractivity contribution in [2.24, 2.45) is 0 Å². The zero-order valence-electron chi connectivity index (χ0n) is 16.8. The van der Waals surface area contributed by atoms with E-state index in [0.29, 0.717) is 30.9 Å². The number of nitrogens with zero attached hydrogens (tertiary/aromatic N) is 3. The Morgan fingerprint density at radius 3 is 2.83 bits per heavy atom. The summed E-state index contributed by atoms with van der Waals surface area (Å²) < 4.78 is 13.7. The van der Waals surface area contributed by atoms with E-state index >= 15 is 0 Å². The van der Waals surface area contributed by atoms with Crippen molar-refractivity contribution < 1.29 is 14.0 Å². The molecule has 2 aliphatic heterocycles. The van der Waals surface area contributed by atoms with Crippen LogP contribution in [-0.2, 0) is 4.79 Å². The van der Waals surface area contributed by atoms with Crippen molar-refractivity contribution in [1.82, 2.24) is 14.8 Å². The molecule has 1 aromatic heterocycles. The minimum absolute atomic E-state index is 0.00224. The lowest BCUT2D eigenvalue weighted by molar-refractivity contribution is -0.123. The third kappa shape index (κ3) is 3.06. The van der Waals surface area contributed by atoms with E-state index in [0.717, 1.165) is 17.3 Å². The fourth-order valence-corrected chi connectivity index (χ4v) is 4.68. The van der Waals surface area contributed by atoms with Crippen LogP contribution in [0.15, 0.2) is 54.7 Å². The second-order valence-corrected chi connectivity index (χ2v) is 8.30. The van der Waals surface area contributed by atoms with Crippen molar-refractivity contribution in [2.75, 3.05) is 38.1 Å². The minimum Gasteiger partial charge on any atom is -0.361 e. The molecule has 7 heteroatoms. The number of H-pyrrole nitrogens is 1. The van der Waals surface area contributed by atoms with Crippen LogP contribution < -0.4 is 4.90 Å². The first-order valence-electron chi connectivity index (χ1n) is 10.1. The molecule has 1 spiro atoms. The summed E-state index contributed by atoms with van der Waals surface area (Å²) in [5, 5.41) is 1.01. The van der Waals surface area contributed by atoms with E-state index in [1.165, 1.54) is 12.1 Å². The molecule has 0 radical (unpaired) electrons. The summed E-state index contributed by atoms with van der Waals surface area (Å²) in [5.74, 6) is -0.425. The number of carbonyl (C=O) groups excluding carboxylic acids is 2. The van der Waals surface area contributed by atoms with Crippen molar-refractivity contribution in [3.8, 4) is 0 Å². The minimum atomic E-state index is -0.364. The number of fused-ring (bicyclic) bond motifs is 1. The van der Waals surface area contributed by atoms with Gasteiger partial charge in [0.15, 0.2) is 0 Å². The van der Waals surface area contributed by atoms with Gasteiger partial charge in [0.25, 0.3) is 5.91 Å². The molecule has 1 N–H and O–H groups in total. The number of carbonyl (C=O) groups is 2. The summed E-state index contributed by atoms with van der Waals surface area (Å²) >= 11 is 0. The average Bonchev–Trinajstić information content (AvgIpc) is 3.38. The Labute approximate surface area is 173 Å². The van der Waals surface area contributed by atoms with Gasteiger partial charge in [0.05, 0.1) is 12.1 Å². The highest BCUT2D eigenvalue weighted by Gasteiger charge is 2.48. The zero-order valence-corrected chi connectivity index (χ0v) is 16.8. The van der Waals surface area contributed by atoms with Crippen LogP contribution in [0.5, 0.6) is 0 Å². The maximum absolute atomic E-state index is 13.7. The standard InChI is InChI=1S/C23H23FN4O2/c1-26-13-21(29)28(19-4-2-3-18(24)12-19)15-23(26)8-10-27(14-23)22(30)17-5-6-20-16(11-17)7-9-25-20/h2-7,9,11-12,25H,8,10,13-15H2,1H3. The molecule has 0 bridgehead atoms. The van der Waals surface area contributed by atoms with Gasteiger partial charge in [0.2, 0.25) is 5.91 Å². The van der Waals surface area contributed by atoms with E-state index in [1.54, 1.807) is 17.0 Å². The number of aromatic nitrogens is 1. The molecule has 2 saturated heterocycles. The summed E-state index contributed by atoms with van der Waals surface area (Å²) in [6.07, 6.45) is 2.62. The van der Waals surface area contributed by atoms with Crippen LogP contribution >= 0.6 is 0 Å². The maximum atomic E-state index is 13.7. The number of hydrogen-bond donors (Lipinski definition) is 1. The van der Waals surface area contributed by atoms with Crippen LogP contribution in [0, 0.1) is 5.82 Å². The Morgan fingerprint density at radius 2 is 2.00 bits per heavy atom. The van der Waals surface area contributed by atoms with E-state index in [4.69, 9.17) is 0 Å². The Bertz CT molecular complexity index is 1140. The first kappa shape index (κ1) is 18.8. The molecule has 30 heavy (non-hydrogen) atoms. The lowest BCUT2D eigenvalue weighted by atomic mass is 9.92. The zero-order chi connectivity index (χ0) is 20.9. The van der Waals surface area contributed by atoms with E-state index in [1.807, 2.05) is 47.3 Å². The van der Waals surface area contributed by atoms with Crippen LogP contribution in [0.2, 0.25) is 0 Å². The van der Waals surface area contributed by atoms with Crippen LogP contribution in [0.3, 0.4) is 0 Å². The lowest BCUT2D eigenvalue weighted by Crippen LogP contribution is -2.64. The normalized spacial score (nSPS) is 22.4. The topological polar surface area (TPSA) is 59.7 Å².